The van der Waals surface area contributed by atoms with Gasteiger partial charge in [0.1, 0.15) is 5.75 Å². The van der Waals surface area contributed by atoms with E-state index in [0.717, 1.165) is 16.8 Å². The quantitative estimate of drug-likeness (QED) is 0.908. The van der Waals surface area contributed by atoms with E-state index in [-0.39, 0.29) is 6.61 Å². The Labute approximate surface area is 118 Å². The van der Waals surface area contributed by atoms with E-state index < -0.39 is 5.97 Å². The van der Waals surface area contributed by atoms with Crippen molar-refractivity contribution in [3.8, 4) is 16.9 Å². The van der Waals surface area contributed by atoms with Crippen LogP contribution in [0.25, 0.3) is 11.1 Å². The molecule has 2 aromatic carbocycles. The van der Waals surface area contributed by atoms with Crippen LogP contribution in [0, 0.1) is 0 Å². The minimum absolute atomic E-state index is 0.324. The first kappa shape index (κ1) is 13.9. The lowest BCUT2D eigenvalue weighted by atomic mass is 10.0. The first-order valence-corrected chi connectivity index (χ1v) is 6.28. The van der Waals surface area contributed by atoms with E-state index in [1.54, 1.807) is 12.1 Å². The molecule has 0 amide bonds. The molecule has 0 atom stereocenters. The maximum absolute atomic E-state index is 10.4. The number of hydrogen-bond donors (Lipinski definition) is 1. The normalized spacial score (nSPS) is 10.1. The second kappa shape index (κ2) is 6.10. The van der Waals surface area contributed by atoms with Crippen molar-refractivity contribution in [3.63, 3.8) is 0 Å². The molecule has 0 aliphatic heterocycles. The molecular weight excluding hydrogens is 254 g/mol. The van der Waals surface area contributed by atoms with Crippen molar-refractivity contribution in [1.82, 2.24) is 0 Å². The van der Waals surface area contributed by atoms with Crippen LogP contribution < -0.4 is 9.64 Å². The minimum Gasteiger partial charge on any atom is -0.482 e. The van der Waals surface area contributed by atoms with Gasteiger partial charge >= 0.3 is 5.97 Å². The van der Waals surface area contributed by atoms with E-state index in [1.165, 1.54) is 0 Å². The molecule has 20 heavy (non-hydrogen) atoms. The summed E-state index contributed by atoms with van der Waals surface area (Å²) >= 11 is 0. The molecule has 0 aromatic heterocycles. The van der Waals surface area contributed by atoms with Gasteiger partial charge in [0, 0.05) is 19.8 Å². The maximum Gasteiger partial charge on any atom is 0.341 e. The van der Waals surface area contributed by atoms with Crippen LogP contribution in [0.1, 0.15) is 0 Å². The number of carboxylic acids is 1. The molecule has 0 aliphatic carbocycles. The van der Waals surface area contributed by atoms with Gasteiger partial charge < -0.3 is 14.7 Å². The van der Waals surface area contributed by atoms with E-state index in [1.807, 2.05) is 49.3 Å². The summed E-state index contributed by atoms with van der Waals surface area (Å²) in [6, 6.07) is 15.6. The Morgan fingerprint density at radius 1 is 1.10 bits per heavy atom. The molecule has 4 heteroatoms. The van der Waals surface area contributed by atoms with Crippen molar-refractivity contribution < 1.29 is 14.6 Å². The van der Waals surface area contributed by atoms with Crippen LogP contribution >= 0.6 is 0 Å². The zero-order chi connectivity index (χ0) is 14.5. The minimum atomic E-state index is -0.979. The molecular formula is C16H17NO3. The van der Waals surface area contributed by atoms with Crippen LogP contribution in [0.15, 0.2) is 48.5 Å². The van der Waals surface area contributed by atoms with E-state index in [9.17, 15) is 4.79 Å². The van der Waals surface area contributed by atoms with E-state index >= 15 is 0 Å². The fraction of sp³-hybridized carbons (Fsp3) is 0.188. The maximum atomic E-state index is 10.4. The summed E-state index contributed by atoms with van der Waals surface area (Å²) in [7, 11) is 4.00. The molecule has 2 aromatic rings. The van der Waals surface area contributed by atoms with Crippen LogP contribution in [0.3, 0.4) is 0 Å². The molecule has 0 saturated carbocycles. The number of anilines is 1. The third kappa shape index (κ3) is 3.51. The second-order valence-corrected chi connectivity index (χ2v) is 4.65. The van der Waals surface area contributed by atoms with Crippen molar-refractivity contribution >= 4 is 11.7 Å². The standard InChI is InChI=1S/C16H17NO3/c1-17(2)14-5-3-4-13(10-14)12-6-8-15(9-7-12)20-11-16(18)19/h3-10H,11H2,1-2H3,(H,18,19). The third-order valence-corrected chi connectivity index (χ3v) is 2.91. The lowest BCUT2D eigenvalue weighted by molar-refractivity contribution is -0.139. The Kier molecular flexibility index (Phi) is 4.25. The largest absolute Gasteiger partial charge is 0.482 e. The third-order valence-electron chi connectivity index (χ3n) is 2.91. The summed E-state index contributed by atoms with van der Waals surface area (Å²) in [4.78, 5) is 12.5. The lowest BCUT2D eigenvalue weighted by Crippen LogP contribution is -2.09. The molecule has 0 fully saturated rings. The van der Waals surface area contributed by atoms with E-state index in [0.29, 0.717) is 5.75 Å². The van der Waals surface area contributed by atoms with Crippen molar-refractivity contribution in [2.75, 3.05) is 25.6 Å². The van der Waals surface area contributed by atoms with Crippen molar-refractivity contribution in [1.29, 1.82) is 0 Å². The molecule has 0 radical (unpaired) electrons. The molecule has 2 rings (SSSR count). The lowest BCUT2D eigenvalue weighted by Gasteiger charge is -2.13. The van der Waals surface area contributed by atoms with Gasteiger partial charge in [0.05, 0.1) is 0 Å². The summed E-state index contributed by atoms with van der Waals surface area (Å²) in [5.41, 5.74) is 3.31. The molecule has 0 aliphatic rings. The molecule has 1 N–H and O–H groups in total. The van der Waals surface area contributed by atoms with Crippen molar-refractivity contribution in [3.05, 3.63) is 48.5 Å². The number of aliphatic carboxylic acids is 1. The summed E-state index contributed by atoms with van der Waals surface area (Å²) in [6.07, 6.45) is 0. The topological polar surface area (TPSA) is 49.8 Å². The Morgan fingerprint density at radius 2 is 1.80 bits per heavy atom. The highest BCUT2D eigenvalue weighted by molar-refractivity contribution is 5.70. The number of rotatable bonds is 5. The molecule has 0 spiro atoms. The smallest absolute Gasteiger partial charge is 0.341 e. The summed E-state index contributed by atoms with van der Waals surface area (Å²) in [5.74, 6) is -0.423. The van der Waals surface area contributed by atoms with Crippen LogP contribution in [0.5, 0.6) is 5.75 Å². The van der Waals surface area contributed by atoms with E-state index in [2.05, 4.69) is 6.07 Å². The second-order valence-electron chi connectivity index (χ2n) is 4.65. The van der Waals surface area contributed by atoms with Crippen molar-refractivity contribution in [2.45, 2.75) is 0 Å². The summed E-state index contributed by atoms with van der Waals surface area (Å²) < 4.78 is 5.11. The van der Waals surface area contributed by atoms with Crippen LogP contribution in [-0.4, -0.2) is 31.8 Å². The Balaban J connectivity index is 2.17. The number of hydrogen-bond acceptors (Lipinski definition) is 3. The van der Waals surface area contributed by atoms with Gasteiger partial charge in [-0.25, -0.2) is 4.79 Å². The Hall–Kier alpha value is -2.49. The monoisotopic (exact) mass is 271 g/mol. The molecule has 4 nitrogen and oxygen atoms in total. The average Bonchev–Trinajstić information content (AvgIpc) is 2.46. The highest BCUT2D eigenvalue weighted by Crippen LogP contribution is 2.25. The summed E-state index contributed by atoms with van der Waals surface area (Å²) in [6.45, 7) is -0.324. The van der Waals surface area contributed by atoms with Gasteiger partial charge in [0.25, 0.3) is 0 Å². The first-order chi connectivity index (χ1) is 9.56. The Bertz CT molecular complexity index is 591. The molecule has 0 saturated heterocycles. The summed E-state index contributed by atoms with van der Waals surface area (Å²) in [5, 5.41) is 8.56. The van der Waals surface area contributed by atoms with Gasteiger partial charge in [-0.3, -0.25) is 0 Å². The number of nitrogens with zero attached hydrogens (tertiary/aromatic N) is 1. The number of carboxylic acid groups (broad SMARTS) is 1. The highest BCUT2D eigenvalue weighted by Gasteiger charge is 2.03. The predicted octanol–water partition coefficient (Wildman–Crippen LogP) is 2.88. The number of benzene rings is 2. The van der Waals surface area contributed by atoms with E-state index in [4.69, 9.17) is 9.84 Å². The molecule has 104 valence electrons. The van der Waals surface area contributed by atoms with Gasteiger partial charge in [-0.15, -0.1) is 0 Å². The SMILES string of the molecule is CN(C)c1cccc(-c2ccc(OCC(=O)O)cc2)c1. The molecule has 0 bridgehead atoms. The Morgan fingerprint density at radius 3 is 2.40 bits per heavy atom. The molecule has 0 unspecified atom stereocenters. The number of ether oxygens (including phenoxy) is 1. The highest BCUT2D eigenvalue weighted by atomic mass is 16.5. The van der Waals surface area contributed by atoms with Crippen LogP contribution in [-0.2, 0) is 4.79 Å². The van der Waals surface area contributed by atoms with Gasteiger partial charge in [-0.05, 0) is 35.4 Å². The fourth-order valence-corrected chi connectivity index (χ4v) is 1.85. The van der Waals surface area contributed by atoms with Gasteiger partial charge in [0.15, 0.2) is 6.61 Å². The van der Waals surface area contributed by atoms with Crippen LogP contribution in [0.2, 0.25) is 0 Å². The van der Waals surface area contributed by atoms with Gasteiger partial charge in [-0.2, -0.15) is 0 Å². The van der Waals surface area contributed by atoms with Gasteiger partial charge in [0.2, 0.25) is 0 Å². The first-order valence-electron chi connectivity index (χ1n) is 6.28. The zero-order valence-corrected chi connectivity index (χ0v) is 11.5. The zero-order valence-electron chi connectivity index (χ0n) is 11.5. The fourth-order valence-electron chi connectivity index (χ4n) is 1.85. The number of carbonyl (C=O) groups is 1. The van der Waals surface area contributed by atoms with Crippen LogP contribution in [0.4, 0.5) is 5.69 Å². The average molecular weight is 271 g/mol. The van der Waals surface area contributed by atoms with Gasteiger partial charge in [-0.1, -0.05) is 24.3 Å². The predicted molar refractivity (Wildman–Crippen MR) is 79.3 cm³/mol. The molecule has 0 heterocycles. The van der Waals surface area contributed by atoms with Crippen molar-refractivity contribution in [2.24, 2.45) is 0 Å².